The predicted molar refractivity (Wildman–Crippen MR) is 269 cm³/mol. The molecule has 0 bridgehead atoms. The fourth-order valence-corrected chi connectivity index (χ4v) is 8.29. The number of hydrogen-bond donors (Lipinski definition) is 9. The molecule has 9 N–H and O–H groups in total. The average molecular weight is 1070 g/mol. The number of urea groups is 1. The van der Waals surface area contributed by atoms with E-state index in [4.69, 9.17) is 5.11 Å². The van der Waals surface area contributed by atoms with Gasteiger partial charge in [-0.05, 0) is 57.9 Å². The van der Waals surface area contributed by atoms with Gasteiger partial charge in [0.2, 0.25) is 23.6 Å². The molecule has 0 heterocycles. The van der Waals surface area contributed by atoms with Crippen molar-refractivity contribution in [1.82, 2.24) is 36.4 Å². The number of carbonyl (C=O) groups is 12. The molecule has 1 aromatic rings. The van der Waals surface area contributed by atoms with Crippen molar-refractivity contribution in [3.05, 3.63) is 35.9 Å². The Morgan fingerprint density at radius 3 is 1.86 bits per heavy atom. The molecule has 0 aliphatic heterocycles. The number of hydrogen-bond acceptors (Lipinski definition) is 15. The van der Waals surface area contributed by atoms with Gasteiger partial charge in [-0.25, -0.2) is 9.59 Å². The minimum absolute atomic E-state index is 0.0132. The van der Waals surface area contributed by atoms with Crippen molar-refractivity contribution in [3.8, 4) is 0 Å². The second-order valence-corrected chi connectivity index (χ2v) is 18.8. The molecule has 24 nitrogen and oxygen atoms in total. The SMILES string of the molecule is CN[C@@H](CNC(=O)CC[C@H](CC(=O)[C@H](Cc1ccccc1)NC(=O)CCCCCCCCC(=O)CC[C@H](NC(=O)N[C@@H](CCC(=O)O)OC=O)C(=O)O)C(=O)O)C(=O)N(C)[C@@H](CC(=O)O)C(=O)N(C)[C@H](C)CSC. The number of thioether (sulfide) groups is 1. The Morgan fingerprint density at radius 1 is 0.662 bits per heavy atom. The van der Waals surface area contributed by atoms with Gasteiger partial charge >= 0.3 is 29.9 Å². The standard InChI is InChI=1S/C49H75N7O17S/c1-31(29-74-5)55(3)46(67)38(27-44(64)65)56(4)45(66)37(50-2)28-51-40(60)22-19-33(47(68)69)26-39(59)36(25-32-15-11-10-12-16-32)52-41(61)18-14-9-7-6-8-13-17-34(58)20-21-35(48(70)71)53-49(72)54-42(73-30-57)23-24-43(62)63/h10-12,15-16,30-31,33,35-38,42,50H,6-9,13-14,17-29H2,1-5H3,(H,51,60)(H,52,61)(H,62,63)(H,64,65)(H,68,69)(H,70,71)(H2,53,54,72)/t31-,33-,35+,36+,37+,38+,42-/m1/s1. The van der Waals surface area contributed by atoms with Crippen LogP contribution in [0.2, 0.25) is 0 Å². The van der Waals surface area contributed by atoms with Gasteiger partial charge in [-0.15, -0.1) is 0 Å². The summed E-state index contributed by atoms with van der Waals surface area (Å²) < 4.78 is 4.62. The minimum atomic E-state index is -1.44. The number of carbonyl (C=O) groups excluding carboxylic acids is 8. The normalized spacial score (nSPS) is 13.7. The van der Waals surface area contributed by atoms with Crippen LogP contribution in [0.25, 0.3) is 0 Å². The number of unbranched alkanes of at least 4 members (excludes halogenated alkanes) is 5. The number of amides is 6. The summed E-state index contributed by atoms with van der Waals surface area (Å²) in [6.07, 6.45) is 2.00. The van der Waals surface area contributed by atoms with Crippen LogP contribution in [0.1, 0.15) is 115 Å². The fraction of sp³-hybridized carbons (Fsp3) is 0.633. The molecule has 74 heavy (non-hydrogen) atoms. The number of nitrogens with zero attached hydrogens (tertiary/aromatic N) is 2. The molecule has 0 saturated heterocycles. The van der Waals surface area contributed by atoms with E-state index in [2.05, 4.69) is 31.3 Å². The van der Waals surface area contributed by atoms with Gasteiger partial charge in [-0.2, -0.15) is 11.8 Å². The summed E-state index contributed by atoms with van der Waals surface area (Å²) in [4.78, 5) is 151. The highest BCUT2D eigenvalue weighted by atomic mass is 32.2. The van der Waals surface area contributed by atoms with E-state index in [-0.39, 0.29) is 76.2 Å². The maximum absolute atomic E-state index is 13.7. The van der Waals surface area contributed by atoms with Crippen LogP contribution in [-0.4, -0.2) is 178 Å². The summed E-state index contributed by atoms with van der Waals surface area (Å²) in [5.74, 6) is -8.94. The van der Waals surface area contributed by atoms with Crippen molar-refractivity contribution >= 4 is 83.3 Å². The Bertz CT molecular complexity index is 2030. The molecule has 0 fully saturated rings. The van der Waals surface area contributed by atoms with Gasteiger partial charge in [0.15, 0.2) is 12.0 Å². The van der Waals surface area contributed by atoms with Crippen molar-refractivity contribution in [2.75, 3.05) is 39.7 Å². The highest BCUT2D eigenvalue weighted by Gasteiger charge is 2.36. The number of likely N-dealkylation sites (N-methyl/N-ethyl adjacent to an activating group) is 3. The van der Waals surface area contributed by atoms with Crippen LogP contribution in [0.5, 0.6) is 0 Å². The summed E-state index contributed by atoms with van der Waals surface area (Å²) in [5, 5.41) is 50.3. The van der Waals surface area contributed by atoms with Crippen LogP contribution >= 0.6 is 11.8 Å². The molecule has 1 aromatic carbocycles. The number of carboxylic acids is 4. The van der Waals surface area contributed by atoms with E-state index in [1.807, 2.05) is 6.26 Å². The van der Waals surface area contributed by atoms with Crippen LogP contribution < -0.4 is 26.6 Å². The average Bonchev–Trinajstić information content (AvgIpc) is 3.35. The third-order valence-corrected chi connectivity index (χ3v) is 12.9. The smallest absolute Gasteiger partial charge is 0.326 e. The summed E-state index contributed by atoms with van der Waals surface area (Å²) >= 11 is 1.50. The predicted octanol–water partition coefficient (Wildman–Crippen LogP) is 1.96. The summed E-state index contributed by atoms with van der Waals surface area (Å²) in [6.45, 7) is 1.54. The maximum atomic E-state index is 13.7. The number of ether oxygens (including phenoxy) is 1. The van der Waals surface area contributed by atoms with Gasteiger partial charge in [-0.1, -0.05) is 56.0 Å². The molecule has 0 aromatic heterocycles. The minimum Gasteiger partial charge on any atom is -0.481 e. The van der Waals surface area contributed by atoms with Crippen molar-refractivity contribution in [2.24, 2.45) is 5.92 Å². The van der Waals surface area contributed by atoms with Crippen molar-refractivity contribution < 1.29 is 82.7 Å². The van der Waals surface area contributed by atoms with E-state index in [1.165, 1.54) is 37.8 Å². The Labute approximate surface area is 435 Å². The maximum Gasteiger partial charge on any atom is 0.326 e. The van der Waals surface area contributed by atoms with Crippen LogP contribution in [0, 0.1) is 5.92 Å². The second kappa shape index (κ2) is 36.3. The van der Waals surface area contributed by atoms with Crippen LogP contribution in [0.4, 0.5) is 4.79 Å². The fourth-order valence-electron chi connectivity index (χ4n) is 7.59. The van der Waals surface area contributed by atoms with E-state index in [0.29, 0.717) is 31.4 Å². The Kier molecular flexibility index (Phi) is 32.1. The molecule has 25 heteroatoms. The number of aliphatic carboxylic acids is 4. The first-order chi connectivity index (χ1) is 35.0. The van der Waals surface area contributed by atoms with Crippen molar-refractivity contribution in [3.63, 3.8) is 0 Å². The lowest BCUT2D eigenvalue weighted by Crippen LogP contribution is -2.57. The number of Topliss-reactive ketones (excluding diaryl/α,β-unsaturated/α-hetero) is 2. The molecule has 0 saturated carbocycles. The molecular weight excluding hydrogens is 991 g/mol. The molecule has 0 radical (unpaired) electrons. The van der Waals surface area contributed by atoms with Crippen molar-refractivity contribution in [1.29, 1.82) is 0 Å². The number of nitrogens with one attached hydrogen (secondary N) is 5. The van der Waals surface area contributed by atoms with Crippen molar-refractivity contribution in [2.45, 2.75) is 153 Å². The van der Waals surface area contributed by atoms with E-state index in [9.17, 15) is 72.9 Å². The van der Waals surface area contributed by atoms with Gasteiger partial charge in [0.05, 0.1) is 24.8 Å². The summed E-state index contributed by atoms with van der Waals surface area (Å²) in [5.41, 5.74) is 0.721. The highest BCUT2D eigenvalue weighted by Crippen LogP contribution is 2.18. The van der Waals surface area contributed by atoms with E-state index in [0.717, 1.165) is 23.3 Å². The Morgan fingerprint density at radius 2 is 1.30 bits per heavy atom. The molecular formula is C49H75N7O17S. The zero-order chi connectivity index (χ0) is 55.8. The van der Waals surface area contributed by atoms with Crippen LogP contribution in [-0.2, 0) is 63.9 Å². The lowest BCUT2D eigenvalue weighted by atomic mass is 9.91. The molecule has 7 atom stereocenters. The monoisotopic (exact) mass is 1070 g/mol. The van der Waals surface area contributed by atoms with E-state index < -0.39 is 115 Å². The third-order valence-electron chi connectivity index (χ3n) is 12.1. The second-order valence-electron chi connectivity index (χ2n) is 17.9. The first kappa shape index (κ1) is 65.4. The Hall–Kier alpha value is -6.63. The van der Waals surface area contributed by atoms with Gasteiger partial charge in [-0.3, -0.25) is 47.9 Å². The quantitative estimate of drug-likeness (QED) is 0.0257. The number of ketones is 2. The first-order valence-corrected chi connectivity index (χ1v) is 25.8. The zero-order valence-corrected chi connectivity index (χ0v) is 43.7. The van der Waals surface area contributed by atoms with Gasteiger partial charge in [0.25, 0.3) is 6.47 Å². The zero-order valence-electron chi connectivity index (χ0n) is 42.8. The topological polar surface area (TPSA) is 362 Å². The molecule has 0 spiro atoms. The Balaban J connectivity index is 2.69. The summed E-state index contributed by atoms with van der Waals surface area (Å²) in [7, 11) is 4.28. The largest absolute Gasteiger partial charge is 0.481 e. The van der Waals surface area contributed by atoms with E-state index >= 15 is 0 Å². The molecule has 0 aliphatic carbocycles. The lowest BCUT2D eigenvalue weighted by molar-refractivity contribution is -0.150. The third kappa shape index (κ3) is 26.9. The molecule has 1 rings (SSSR count). The van der Waals surface area contributed by atoms with Crippen LogP contribution in [0.15, 0.2) is 30.3 Å². The number of carboxylic acid groups (broad SMARTS) is 4. The molecule has 0 unspecified atom stereocenters. The molecule has 0 aliphatic rings. The van der Waals surface area contributed by atoms with Crippen LogP contribution in [0.3, 0.4) is 0 Å². The van der Waals surface area contributed by atoms with Gasteiger partial charge in [0.1, 0.15) is 23.9 Å². The van der Waals surface area contributed by atoms with E-state index in [1.54, 1.807) is 37.3 Å². The molecule has 6 amide bonds. The lowest BCUT2D eigenvalue weighted by Gasteiger charge is -2.34. The highest BCUT2D eigenvalue weighted by molar-refractivity contribution is 7.98. The number of rotatable bonds is 41. The summed E-state index contributed by atoms with van der Waals surface area (Å²) in [6, 6.07) is 2.66. The van der Waals surface area contributed by atoms with Gasteiger partial charge < -0.3 is 61.5 Å². The molecule has 414 valence electrons. The first-order valence-electron chi connectivity index (χ1n) is 24.4. The number of benzene rings is 1. The van der Waals surface area contributed by atoms with Gasteiger partial charge in [0, 0.05) is 71.0 Å².